The molecule has 2 aromatic carbocycles. The van der Waals surface area contributed by atoms with Crippen molar-refractivity contribution in [2.24, 2.45) is 0 Å². The third-order valence-electron chi connectivity index (χ3n) is 18.5. The van der Waals surface area contributed by atoms with Crippen LogP contribution in [0, 0.1) is 0 Å². The summed E-state index contributed by atoms with van der Waals surface area (Å²) in [6.45, 7) is 30.5. The Balaban J connectivity index is 0.00000130. The molecule has 0 fully saturated rings. The van der Waals surface area contributed by atoms with Crippen LogP contribution in [0.3, 0.4) is 0 Å². The van der Waals surface area contributed by atoms with Gasteiger partial charge >= 0.3 is 0 Å². The zero-order valence-electron chi connectivity index (χ0n) is 58.6. The van der Waals surface area contributed by atoms with Crippen molar-refractivity contribution in [1.82, 2.24) is 0 Å². The SMILES string of the molecule is CCCCCCCC[N+](CCCCCCCC)(CCCCCCCC)CCCCCCCC.CCCCCCCC[N+](CCCCCCCC)(CCCCCCCC)CCCCCCCC.O=C([O-])c1ccc(S(=O)c2ccc(C(=O)[O-])cc2)cc1. The summed E-state index contributed by atoms with van der Waals surface area (Å²) in [4.78, 5) is 22.0. The van der Waals surface area contributed by atoms with E-state index in [2.05, 4.69) is 55.4 Å². The molecule has 0 bridgehead atoms. The van der Waals surface area contributed by atoms with Crippen LogP contribution in [0.25, 0.3) is 0 Å². The van der Waals surface area contributed by atoms with Crippen molar-refractivity contribution in [3.63, 3.8) is 0 Å². The van der Waals surface area contributed by atoms with Gasteiger partial charge in [0.1, 0.15) is 0 Å². The molecular formula is C78H144N2O5S. The van der Waals surface area contributed by atoms with Crippen LogP contribution in [0.15, 0.2) is 58.3 Å². The fourth-order valence-electron chi connectivity index (χ4n) is 12.7. The fourth-order valence-corrected chi connectivity index (χ4v) is 13.8. The molecule has 0 saturated heterocycles. The Bertz CT molecular complexity index is 1520. The Kier molecular flexibility index (Phi) is 59.5. The normalized spacial score (nSPS) is 11.6. The molecule has 2 rings (SSSR count). The lowest BCUT2D eigenvalue weighted by molar-refractivity contribution is -0.929. The Morgan fingerprint density at radius 1 is 0.256 bits per heavy atom. The number of carbonyl (C=O) groups is 2. The molecule has 0 heterocycles. The van der Waals surface area contributed by atoms with E-state index in [0.29, 0.717) is 9.79 Å². The molecule has 0 aliphatic rings. The number of nitrogens with zero attached hydrogens (tertiary/aromatic N) is 2. The molecule has 2 aromatic rings. The highest BCUT2D eigenvalue weighted by Crippen LogP contribution is 2.24. The minimum Gasteiger partial charge on any atom is -0.545 e. The van der Waals surface area contributed by atoms with E-state index in [0.717, 1.165) is 0 Å². The maximum absolute atomic E-state index is 12.2. The summed E-state index contributed by atoms with van der Waals surface area (Å²) in [5.74, 6) is -2.61. The van der Waals surface area contributed by atoms with Gasteiger partial charge in [0.15, 0.2) is 0 Å². The van der Waals surface area contributed by atoms with Crippen LogP contribution >= 0.6 is 0 Å². The number of hydrogen-bond donors (Lipinski definition) is 0. The van der Waals surface area contributed by atoms with E-state index in [9.17, 15) is 24.0 Å². The molecule has 0 unspecified atom stereocenters. The number of carboxylic acid groups (broad SMARTS) is 2. The summed E-state index contributed by atoms with van der Waals surface area (Å²) in [5.41, 5.74) is -0.00361. The standard InChI is InChI=1S/2C32H68N.C14H10O5S/c2*1-5-9-13-17-21-25-29-33(30-26-22-18-14-10-6-2,31-27-23-19-15-11-7-3)32-28-24-20-16-12-8-4;15-13(16)9-1-5-11(6-2-9)20(19)12-7-3-10(4-8-12)14(17)18/h2*5-32H2,1-4H3;1-8H,(H,15,16)(H,17,18)/q2*+1;/p-2. The first kappa shape index (κ1) is 83.5. The number of unbranched alkanes of at least 4 members (excludes halogenated alkanes) is 40. The van der Waals surface area contributed by atoms with Gasteiger partial charge in [-0.1, -0.05) is 285 Å². The number of hydrogen-bond acceptors (Lipinski definition) is 5. The Morgan fingerprint density at radius 2 is 0.395 bits per heavy atom. The van der Waals surface area contributed by atoms with Crippen LogP contribution in [0.5, 0.6) is 0 Å². The highest BCUT2D eigenvalue weighted by atomic mass is 32.2. The third-order valence-corrected chi connectivity index (χ3v) is 19.9. The van der Waals surface area contributed by atoms with Crippen LogP contribution in [-0.4, -0.2) is 77.5 Å². The quantitative estimate of drug-likeness (QED) is 0.0485. The van der Waals surface area contributed by atoms with Crippen molar-refractivity contribution in [1.29, 1.82) is 0 Å². The second-order valence-electron chi connectivity index (χ2n) is 26.5. The summed E-state index contributed by atoms with van der Waals surface area (Å²) in [5, 5.41) is 21.2. The van der Waals surface area contributed by atoms with Crippen molar-refractivity contribution in [2.45, 2.75) is 373 Å². The van der Waals surface area contributed by atoms with Gasteiger partial charge in [-0.3, -0.25) is 0 Å². The number of benzene rings is 2. The van der Waals surface area contributed by atoms with Crippen LogP contribution in [0.2, 0.25) is 0 Å². The molecule has 86 heavy (non-hydrogen) atoms. The molecule has 0 aromatic heterocycles. The summed E-state index contributed by atoms with van der Waals surface area (Å²) in [7, 11) is -1.52. The Labute approximate surface area is 538 Å². The van der Waals surface area contributed by atoms with E-state index in [1.165, 1.54) is 418 Å². The van der Waals surface area contributed by atoms with E-state index in [1.54, 1.807) is 0 Å². The van der Waals surface area contributed by atoms with E-state index >= 15 is 0 Å². The topological polar surface area (TPSA) is 97.3 Å². The van der Waals surface area contributed by atoms with Gasteiger partial charge in [0, 0.05) is 9.79 Å². The molecule has 0 spiro atoms. The van der Waals surface area contributed by atoms with Crippen LogP contribution in [-0.2, 0) is 10.8 Å². The molecule has 502 valence electrons. The molecule has 0 atom stereocenters. The van der Waals surface area contributed by atoms with Crippen molar-refractivity contribution >= 4 is 22.7 Å². The van der Waals surface area contributed by atoms with Gasteiger partial charge < -0.3 is 28.8 Å². The molecular weight excluding hydrogens is 1080 g/mol. The number of aromatic carboxylic acids is 2. The lowest BCUT2D eigenvalue weighted by Crippen LogP contribution is -2.50. The smallest absolute Gasteiger partial charge is 0.0849 e. The molecule has 0 amide bonds. The van der Waals surface area contributed by atoms with E-state index in [-0.39, 0.29) is 11.1 Å². The molecule has 0 aliphatic heterocycles. The number of quaternary nitrogens is 2. The minimum absolute atomic E-state index is 0.00181. The zero-order valence-corrected chi connectivity index (χ0v) is 59.4. The summed E-state index contributed by atoms with van der Waals surface area (Å²) < 4.78 is 15.1. The Hall–Kier alpha value is -2.55. The first-order chi connectivity index (χ1) is 42.0. The van der Waals surface area contributed by atoms with Gasteiger partial charge in [-0.25, -0.2) is 4.21 Å². The van der Waals surface area contributed by atoms with Crippen LogP contribution in [0.4, 0.5) is 0 Å². The molecule has 0 radical (unpaired) electrons. The molecule has 8 heteroatoms. The van der Waals surface area contributed by atoms with E-state index < -0.39 is 22.7 Å². The highest BCUT2D eigenvalue weighted by molar-refractivity contribution is 7.85. The molecule has 0 N–H and O–H groups in total. The first-order valence-electron chi connectivity index (χ1n) is 37.7. The van der Waals surface area contributed by atoms with Gasteiger partial charge in [0.05, 0.1) is 75.1 Å². The summed E-state index contributed by atoms with van der Waals surface area (Å²) >= 11 is 0. The number of carbonyl (C=O) groups excluding carboxylic acids is 2. The molecule has 0 saturated carbocycles. The van der Waals surface area contributed by atoms with Crippen LogP contribution in [0.1, 0.15) is 384 Å². The molecule has 0 aliphatic carbocycles. The maximum Gasteiger partial charge on any atom is 0.0849 e. The second-order valence-corrected chi connectivity index (χ2v) is 28.0. The summed E-state index contributed by atoms with van der Waals surface area (Å²) in [6.07, 6.45) is 69.5. The van der Waals surface area contributed by atoms with Gasteiger partial charge in [-0.05, 0) is 138 Å². The summed E-state index contributed by atoms with van der Waals surface area (Å²) in [6, 6.07) is 10.9. The third kappa shape index (κ3) is 47.4. The predicted octanol–water partition coefficient (Wildman–Crippen LogP) is 22.1. The molecule has 7 nitrogen and oxygen atoms in total. The van der Waals surface area contributed by atoms with E-state index in [1.807, 2.05) is 0 Å². The maximum atomic E-state index is 12.2. The average Bonchev–Trinajstić information content (AvgIpc) is 3.63. The monoisotopic (exact) mass is 1220 g/mol. The average molecular weight is 1220 g/mol. The van der Waals surface area contributed by atoms with Crippen molar-refractivity contribution in [3.05, 3.63) is 59.7 Å². The minimum atomic E-state index is -1.52. The number of rotatable bonds is 60. The highest BCUT2D eigenvalue weighted by Gasteiger charge is 2.27. The lowest BCUT2D eigenvalue weighted by Gasteiger charge is -2.40. The predicted molar refractivity (Wildman–Crippen MR) is 373 cm³/mol. The van der Waals surface area contributed by atoms with E-state index in [4.69, 9.17) is 0 Å². The fraction of sp³-hybridized carbons (Fsp3) is 0.821. The van der Waals surface area contributed by atoms with Crippen LogP contribution < -0.4 is 10.2 Å². The van der Waals surface area contributed by atoms with Gasteiger partial charge in [-0.2, -0.15) is 0 Å². The first-order valence-corrected chi connectivity index (χ1v) is 38.9. The lowest BCUT2D eigenvalue weighted by atomic mass is 10.0. The van der Waals surface area contributed by atoms with Gasteiger partial charge in [0.2, 0.25) is 0 Å². The van der Waals surface area contributed by atoms with Crippen molar-refractivity contribution in [2.75, 3.05) is 52.4 Å². The largest absolute Gasteiger partial charge is 0.545 e. The number of carboxylic acids is 2. The zero-order chi connectivity index (χ0) is 63.3. The Morgan fingerprint density at radius 3 is 0.535 bits per heavy atom. The second kappa shape index (κ2) is 61.3. The van der Waals surface area contributed by atoms with Crippen molar-refractivity contribution < 1.29 is 33.0 Å². The van der Waals surface area contributed by atoms with Gasteiger partial charge in [0.25, 0.3) is 0 Å². The van der Waals surface area contributed by atoms with Gasteiger partial charge in [-0.15, -0.1) is 0 Å². The van der Waals surface area contributed by atoms with Crippen molar-refractivity contribution in [3.8, 4) is 0 Å².